The lowest BCUT2D eigenvalue weighted by molar-refractivity contribution is 0.0938. The number of carbonyl (C=O) groups excluding carboxylic acids is 1. The van der Waals surface area contributed by atoms with Crippen molar-refractivity contribution in [3.05, 3.63) is 34.3 Å². The van der Waals surface area contributed by atoms with Crippen molar-refractivity contribution in [2.24, 2.45) is 0 Å². The normalized spacial score (nSPS) is 11.4. The van der Waals surface area contributed by atoms with E-state index in [-0.39, 0.29) is 18.6 Å². The molecule has 108 valence electrons. The van der Waals surface area contributed by atoms with E-state index < -0.39 is 0 Å². The van der Waals surface area contributed by atoms with Crippen molar-refractivity contribution in [3.63, 3.8) is 0 Å². The van der Waals surface area contributed by atoms with Gasteiger partial charge in [0.15, 0.2) is 0 Å². The van der Waals surface area contributed by atoms with Crippen molar-refractivity contribution in [2.45, 2.75) is 39.2 Å². The van der Waals surface area contributed by atoms with E-state index in [2.05, 4.69) is 24.1 Å². The molecule has 0 bridgehead atoms. The van der Waals surface area contributed by atoms with Gasteiger partial charge < -0.3 is 10.4 Å². The molecular weight excluding hydrogens is 274 g/mol. The minimum Gasteiger partial charge on any atom is -0.384 e. The van der Waals surface area contributed by atoms with Crippen LogP contribution in [0.3, 0.4) is 0 Å². The maximum atomic E-state index is 12.1. The summed E-state index contributed by atoms with van der Waals surface area (Å²) in [6.45, 7) is 3.91. The van der Waals surface area contributed by atoms with Crippen molar-refractivity contribution in [1.82, 2.24) is 5.32 Å². The third-order valence-corrected chi connectivity index (χ3v) is 3.21. The molecule has 0 radical (unpaired) electrons. The van der Waals surface area contributed by atoms with Crippen LogP contribution in [0.15, 0.2) is 18.2 Å². The fourth-order valence-corrected chi connectivity index (χ4v) is 2.01. The summed E-state index contributed by atoms with van der Waals surface area (Å²) >= 11 is 6.07. The highest BCUT2D eigenvalue weighted by molar-refractivity contribution is 6.32. The summed E-state index contributed by atoms with van der Waals surface area (Å²) in [6, 6.07) is 5.13. The summed E-state index contributed by atoms with van der Waals surface area (Å²) in [5.74, 6) is 5.14. The van der Waals surface area contributed by atoms with Crippen LogP contribution in [0.25, 0.3) is 0 Å². The first kappa shape index (κ1) is 16.6. The summed E-state index contributed by atoms with van der Waals surface area (Å²) in [5, 5.41) is 12.0. The number of aliphatic hydroxyl groups excluding tert-OH is 1. The van der Waals surface area contributed by atoms with Crippen molar-refractivity contribution in [1.29, 1.82) is 0 Å². The molecule has 0 heterocycles. The van der Waals surface area contributed by atoms with Crippen LogP contribution in [0.4, 0.5) is 0 Å². The number of hydrogen-bond acceptors (Lipinski definition) is 2. The highest BCUT2D eigenvalue weighted by Crippen LogP contribution is 2.17. The first-order valence-electron chi connectivity index (χ1n) is 6.78. The molecule has 1 atom stereocenters. The second-order valence-electron chi connectivity index (χ2n) is 4.67. The van der Waals surface area contributed by atoms with E-state index in [4.69, 9.17) is 16.7 Å². The SMILES string of the molecule is CCCCC(C)NC(=O)c1ccc(C#CCO)c(Cl)c1. The van der Waals surface area contributed by atoms with Gasteiger partial charge in [0, 0.05) is 17.2 Å². The summed E-state index contributed by atoms with van der Waals surface area (Å²) in [4.78, 5) is 12.1. The van der Waals surface area contributed by atoms with Gasteiger partial charge in [-0.3, -0.25) is 4.79 Å². The van der Waals surface area contributed by atoms with Crippen molar-refractivity contribution in [3.8, 4) is 11.8 Å². The van der Waals surface area contributed by atoms with E-state index in [1.165, 1.54) is 0 Å². The van der Waals surface area contributed by atoms with Crippen LogP contribution < -0.4 is 5.32 Å². The minimum atomic E-state index is -0.215. The maximum Gasteiger partial charge on any atom is 0.251 e. The van der Waals surface area contributed by atoms with Crippen molar-refractivity contribution < 1.29 is 9.90 Å². The Morgan fingerprint density at radius 3 is 2.85 bits per heavy atom. The van der Waals surface area contributed by atoms with E-state index in [1.54, 1.807) is 18.2 Å². The molecule has 1 unspecified atom stereocenters. The van der Waals surface area contributed by atoms with Crippen LogP contribution in [-0.2, 0) is 0 Å². The second-order valence-corrected chi connectivity index (χ2v) is 5.08. The zero-order chi connectivity index (χ0) is 15.0. The molecule has 1 amide bonds. The number of unbranched alkanes of at least 4 members (excludes halogenated alkanes) is 1. The van der Waals surface area contributed by atoms with Gasteiger partial charge in [0.1, 0.15) is 6.61 Å². The number of nitrogens with one attached hydrogen (secondary N) is 1. The fourth-order valence-electron chi connectivity index (χ4n) is 1.78. The Kier molecular flexibility index (Phi) is 7.14. The third-order valence-electron chi connectivity index (χ3n) is 2.90. The van der Waals surface area contributed by atoms with Gasteiger partial charge in [0.25, 0.3) is 5.91 Å². The third kappa shape index (κ3) is 5.24. The molecule has 0 aliphatic heterocycles. The van der Waals surface area contributed by atoms with E-state index in [9.17, 15) is 4.79 Å². The van der Waals surface area contributed by atoms with Gasteiger partial charge in [0.2, 0.25) is 0 Å². The van der Waals surface area contributed by atoms with Crippen LogP contribution >= 0.6 is 11.6 Å². The number of rotatable bonds is 5. The molecule has 2 N–H and O–H groups in total. The van der Waals surface area contributed by atoms with Crippen molar-refractivity contribution in [2.75, 3.05) is 6.61 Å². The number of carbonyl (C=O) groups is 1. The molecule has 1 aromatic carbocycles. The number of amides is 1. The number of benzene rings is 1. The van der Waals surface area contributed by atoms with Gasteiger partial charge in [0.05, 0.1) is 5.02 Å². The average molecular weight is 294 g/mol. The predicted octanol–water partition coefficient (Wildman–Crippen LogP) is 2.99. The van der Waals surface area contributed by atoms with Gasteiger partial charge in [-0.1, -0.05) is 43.2 Å². The highest BCUT2D eigenvalue weighted by atomic mass is 35.5. The minimum absolute atomic E-state index is 0.128. The largest absolute Gasteiger partial charge is 0.384 e. The molecule has 0 spiro atoms. The quantitative estimate of drug-likeness (QED) is 0.820. The molecule has 0 aromatic heterocycles. The lowest BCUT2D eigenvalue weighted by Gasteiger charge is -2.13. The lowest BCUT2D eigenvalue weighted by Crippen LogP contribution is -2.32. The lowest BCUT2D eigenvalue weighted by atomic mass is 10.1. The van der Waals surface area contributed by atoms with Crippen molar-refractivity contribution >= 4 is 17.5 Å². The first-order chi connectivity index (χ1) is 9.58. The summed E-state index contributed by atoms with van der Waals surface area (Å²) in [6.07, 6.45) is 3.18. The van der Waals surface area contributed by atoms with E-state index in [1.807, 2.05) is 6.92 Å². The molecule has 0 aliphatic carbocycles. The Bertz CT molecular complexity index is 517. The highest BCUT2D eigenvalue weighted by Gasteiger charge is 2.10. The zero-order valence-electron chi connectivity index (χ0n) is 11.9. The smallest absolute Gasteiger partial charge is 0.251 e. The Hall–Kier alpha value is -1.50. The van der Waals surface area contributed by atoms with E-state index in [0.29, 0.717) is 16.1 Å². The molecule has 1 aromatic rings. The standard InChI is InChI=1S/C16H20ClNO2/c1-3-4-6-12(2)18-16(20)14-9-8-13(7-5-10-19)15(17)11-14/h8-9,11-12,19H,3-4,6,10H2,1-2H3,(H,18,20). The van der Waals surface area contributed by atoms with E-state index >= 15 is 0 Å². The molecule has 0 saturated heterocycles. The van der Waals surface area contributed by atoms with Gasteiger partial charge in [-0.15, -0.1) is 0 Å². The second kappa shape index (κ2) is 8.63. The Balaban J connectivity index is 2.72. The molecule has 3 nitrogen and oxygen atoms in total. The Morgan fingerprint density at radius 2 is 2.25 bits per heavy atom. The van der Waals surface area contributed by atoms with Crippen LogP contribution in [-0.4, -0.2) is 23.7 Å². The van der Waals surface area contributed by atoms with Gasteiger partial charge in [-0.25, -0.2) is 0 Å². The van der Waals surface area contributed by atoms with Gasteiger partial charge in [-0.05, 0) is 31.5 Å². The van der Waals surface area contributed by atoms with Crippen LogP contribution in [0.1, 0.15) is 49.0 Å². The van der Waals surface area contributed by atoms with Crippen LogP contribution in [0.2, 0.25) is 5.02 Å². The molecule has 4 heteroatoms. The Labute approximate surface area is 125 Å². The molecule has 0 saturated carbocycles. The van der Waals surface area contributed by atoms with Crippen LogP contribution in [0.5, 0.6) is 0 Å². The maximum absolute atomic E-state index is 12.1. The molecule has 20 heavy (non-hydrogen) atoms. The molecule has 0 aliphatic rings. The zero-order valence-corrected chi connectivity index (χ0v) is 12.6. The topological polar surface area (TPSA) is 49.3 Å². The number of hydrogen-bond donors (Lipinski definition) is 2. The average Bonchev–Trinajstić information content (AvgIpc) is 2.43. The fraction of sp³-hybridized carbons (Fsp3) is 0.438. The number of halogens is 1. The van der Waals surface area contributed by atoms with Gasteiger partial charge in [-0.2, -0.15) is 0 Å². The predicted molar refractivity (Wildman–Crippen MR) is 81.9 cm³/mol. The molecule has 0 fully saturated rings. The summed E-state index contributed by atoms with van der Waals surface area (Å²) < 4.78 is 0. The first-order valence-corrected chi connectivity index (χ1v) is 7.16. The number of aliphatic hydroxyl groups is 1. The summed E-state index contributed by atoms with van der Waals surface area (Å²) in [5.41, 5.74) is 1.13. The monoisotopic (exact) mass is 293 g/mol. The molecule has 1 rings (SSSR count). The summed E-state index contributed by atoms with van der Waals surface area (Å²) in [7, 11) is 0. The Morgan fingerprint density at radius 1 is 1.50 bits per heavy atom. The molecular formula is C16H20ClNO2. The van der Waals surface area contributed by atoms with E-state index in [0.717, 1.165) is 19.3 Å². The van der Waals surface area contributed by atoms with Gasteiger partial charge >= 0.3 is 0 Å². The van der Waals surface area contributed by atoms with Crippen LogP contribution in [0, 0.1) is 11.8 Å².